The van der Waals surface area contributed by atoms with E-state index in [0.29, 0.717) is 11.4 Å². The van der Waals surface area contributed by atoms with E-state index in [1.54, 1.807) is 24.5 Å². The number of benzene rings is 2. The maximum atomic E-state index is 11.4. The van der Waals surface area contributed by atoms with E-state index in [0.717, 1.165) is 39.2 Å². The zero-order chi connectivity index (χ0) is 22.2. The first-order valence-corrected chi connectivity index (χ1v) is 10.3. The SMILES string of the molecule is CC(C)n1ccc(-c2nc(-c3ccc(C(N)=O)cc3)[nH]c2-c2ccc3nccnc3c2)n1. The number of nitrogens with one attached hydrogen (secondary N) is 1. The highest BCUT2D eigenvalue weighted by molar-refractivity contribution is 5.93. The summed E-state index contributed by atoms with van der Waals surface area (Å²) in [6.45, 7) is 4.16. The van der Waals surface area contributed by atoms with Crippen LogP contribution in [0.4, 0.5) is 0 Å². The summed E-state index contributed by atoms with van der Waals surface area (Å²) in [5.41, 5.74) is 11.5. The smallest absolute Gasteiger partial charge is 0.248 e. The van der Waals surface area contributed by atoms with E-state index in [1.165, 1.54) is 0 Å². The molecule has 2 aromatic carbocycles. The molecule has 8 heteroatoms. The average Bonchev–Trinajstić information content (AvgIpc) is 3.46. The number of imidazole rings is 1. The van der Waals surface area contributed by atoms with Crippen molar-refractivity contribution in [2.45, 2.75) is 19.9 Å². The summed E-state index contributed by atoms with van der Waals surface area (Å²) in [5.74, 6) is 0.207. The Morgan fingerprint density at radius 1 is 0.969 bits per heavy atom. The molecule has 8 nitrogen and oxygen atoms in total. The number of primary amides is 1. The van der Waals surface area contributed by atoms with Crippen LogP contribution in [0, 0.1) is 0 Å². The fourth-order valence-electron chi connectivity index (χ4n) is 3.57. The summed E-state index contributed by atoms with van der Waals surface area (Å²) in [6.07, 6.45) is 5.30. The van der Waals surface area contributed by atoms with Crippen molar-refractivity contribution in [3.63, 3.8) is 0 Å². The Morgan fingerprint density at radius 3 is 2.38 bits per heavy atom. The van der Waals surface area contributed by atoms with Crippen molar-refractivity contribution in [3.8, 4) is 34.0 Å². The van der Waals surface area contributed by atoms with Crippen molar-refractivity contribution in [2.24, 2.45) is 5.73 Å². The number of nitrogens with zero attached hydrogens (tertiary/aromatic N) is 5. The van der Waals surface area contributed by atoms with E-state index in [4.69, 9.17) is 15.8 Å². The van der Waals surface area contributed by atoms with Gasteiger partial charge in [0.05, 0.1) is 16.7 Å². The second-order valence-corrected chi connectivity index (χ2v) is 7.79. The molecular formula is C24H21N7O. The molecule has 0 radical (unpaired) electrons. The molecule has 0 aliphatic carbocycles. The van der Waals surface area contributed by atoms with Crippen molar-refractivity contribution in [3.05, 3.63) is 72.7 Å². The van der Waals surface area contributed by atoms with Crippen molar-refractivity contribution >= 4 is 16.9 Å². The number of carbonyl (C=O) groups excluding carboxylic acids is 1. The maximum absolute atomic E-state index is 11.4. The van der Waals surface area contributed by atoms with Crippen LogP contribution in [0.1, 0.15) is 30.2 Å². The van der Waals surface area contributed by atoms with E-state index >= 15 is 0 Å². The van der Waals surface area contributed by atoms with Gasteiger partial charge in [-0.2, -0.15) is 5.10 Å². The van der Waals surface area contributed by atoms with Crippen LogP contribution in [0.25, 0.3) is 45.1 Å². The molecule has 158 valence electrons. The van der Waals surface area contributed by atoms with Gasteiger partial charge in [0.25, 0.3) is 0 Å². The monoisotopic (exact) mass is 423 g/mol. The lowest BCUT2D eigenvalue weighted by Gasteiger charge is -2.05. The summed E-state index contributed by atoms with van der Waals surface area (Å²) < 4.78 is 1.90. The van der Waals surface area contributed by atoms with Crippen molar-refractivity contribution in [1.29, 1.82) is 0 Å². The van der Waals surface area contributed by atoms with Gasteiger partial charge in [-0.15, -0.1) is 0 Å². The lowest BCUT2D eigenvalue weighted by molar-refractivity contribution is 0.100. The van der Waals surface area contributed by atoms with Gasteiger partial charge in [-0.25, -0.2) is 4.98 Å². The number of aromatic amines is 1. The van der Waals surface area contributed by atoms with E-state index in [1.807, 2.05) is 47.3 Å². The number of nitrogens with two attached hydrogens (primary N) is 1. The highest BCUT2D eigenvalue weighted by Gasteiger charge is 2.18. The van der Waals surface area contributed by atoms with E-state index in [-0.39, 0.29) is 6.04 Å². The number of hydrogen-bond acceptors (Lipinski definition) is 5. The Hall–Kier alpha value is -4.33. The molecule has 1 amide bonds. The average molecular weight is 423 g/mol. The first-order chi connectivity index (χ1) is 15.5. The predicted octanol–water partition coefficient (Wildman–Crippen LogP) is 4.23. The van der Waals surface area contributed by atoms with Crippen molar-refractivity contribution in [1.82, 2.24) is 29.7 Å². The van der Waals surface area contributed by atoms with Gasteiger partial charge >= 0.3 is 0 Å². The molecule has 3 heterocycles. The molecule has 0 unspecified atom stereocenters. The number of amides is 1. The zero-order valence-electron chi connectivity index (χ0n) is 17.6. The second-order valence-electron chi connectivity index (χ2n) is 7.79. The number of fused-ring (bicyclic) bond motifs is 1. The van der Waals surface area contributed by atoms with Gasteiger partial charge in [-0.3, -0.25) is 19.4 Å². The highest BCUT2D eigenvalue weighted by Crippen LogP contribution is 2.33. The molecule has 0 atom stereocenters. The normalized spacial score (nSPS) is 11.3. The molecule has 0 saturated heterocycles. The van der Waals surface area contributed by atoms with Crippen LogP contribution in [-0.2, 0) is 0 Å². The summed E-state index contributed by atoms with van der Waals surface area (Å²) in [5, 5.41) is 4.72. The molecule has 5 aromatic rings. The van der Waals surface area contributed by atoms with Crippen LogP contribution in [0.3, 0.4) is 0 Å². The summed E-state index contributed by atoms with van der Waals surface area (Å²) in [6, 6.07) is 15.2. The fourth-order valence-corrected chi connectivity index (χ4v) is 3.57. The summed E-state index contributed by atoms with van der Waals surface area (Å²) >= 11 is 0. The number of rotatable bonds is 5. The lowest BCUT2D eigenvalue weighted by Crippen LogP contribution is -2.10. The zero-order valence-corrected chi connectivity index (χ0v) is 17.6. The topological polar surface area (TPSA) is 115 Å². The minimum Gasteiger partial charge on any atom is -0.366 e. The van der Waals surface area contributed by atoms with Crippen LogP contribution in [-0.4, -0.2) is 35.6 Å². The quantitative estimate of drug-likeness (QED) is 0.439. The van der Waals surface area contributed by atoms with Crippen LogP contribution in [0.15, 0.2) is 67.1 Å². The van der Waals surface area contributed by atoms with Gasteiger partial charge in [-0.05, 0) is 44.2 Å². The van der Waals surface area contributed by atoms with Gasteiger partial charge in [0.15, 0.2) is 0 Å². The van der Waals surface area contributed by atoms with Crippen LogP contribution in [0.2, 0.25) is 0 Å². The first-order valence-electron chi connectivity index (χ1n) is 10.3. The Labute approximate surface area is 184 Å². The highest BCUT2D eigenvalue weighted by atomic mass is 16.1. The maximum Gasteiger partial charge on any atom is 0.248 e. The third-order valence-corrected chi connectivity index (χ3v) is 5.28. The largest absolute Gasteiger partial charge is 0.366 e. The van der Waals surface area contributed by atoms with Crippen molar-refractivity contribution < 1.29 is 4.79 Å². The molecule has 5 rings (SSSR count). The minimum atomic E-state index is -0.464. The van der Waals surface area contributed by atoms with Crippen molar-refractivity contribution in [2.75, 3.05) is 0 Å². The van der Waals surface area contributed by atoms with Gasteiger partial charge in [0, 0.05) is 41.3 Å². The summed E-state index contributed by atoms with van der Waals surface area (Å²) in [4.78, 5) is 28.5. The van der Waals surface area contributed by atoms with Crippen LogP contribution in [0.5, 0.6) is 0 Å². The van der Waals surface area contributed by atoms with E-state index in [9.17, 15) is 4.79 Å². The lowest BCUT2D eigenvalue weighted by atomic mass is 10.1. The molecule has 3 aromatic heterocycles. The third kappa shape index (κ3) is 3.51. The van der Waals surface area contributed by atoms with E-state index in [2.05, 4.69) is 28.8 Å². The molecule has 0 bridgehead atoms. The van der Waals surface area contributed by atoms with Crippen LogP contribution < -0.4 is 5.73 Å². The third-order valence-electron chi connectivity index (χ3n) is 5.28. The number of carbonyl (C=O) groups is 1. The predicted molar refractivity (Wildman–Crippen MR) is 123 cm³/mol. The molecule has 0 aliphatic rings. The first kappa shape index (κ1) is 19.6. The summed E-state index contributed by atoms with van der Waals surface area (Å²) in [7, 11) is 0. The molecule has 0 saturated carbocycles. The Morgan fingerprint density at radius 2 is 1.69 bits per heavy atom. The molecule has 0 aliphatic heterocycles. The van der Waals surface area contributed by atoms with Gasteiger partial charge < -0.3 is 10.7 Å². The number of hydrogen-bond donors (Lipinski definition) is 2. The molecule has 32 heavy (non-hydrogen) atoms. The fraction of sp³-hybridized carbons (Fsp3) is 0.125. The molecule has 3 N–H and O–H groups in total. The minimum absolute atomic E-state index is 0.239. The number of aromatic nitrogens is 6. The Bertz CT molecular complexity index is 1430. The van der Waals surface area contributed by atoms with Gasteiger partial charge in [0.2, 0.25) is 5.91 Å². The molecule has 0 spiro atoms. The van der Waals surface area contributed by atoms with Gasteiger partial charge in [0.1, 0.15) is 17.2 Å². The van der Waals surface area contributed by atoms with E-state index < -0.39 is 5.91 Å². The standard InChI is InChI=1S/C24H21N7O/c1-14(2)31-12-9-19(30-31)22-21(17-7-8-18-20(13-17)27-11-10-26-18)28-24(29-22)16-5-3-15(4-6-16)23(25)32/h3-14H,1-2H3,(H2,25,32)(H,28,29). The Balaban J connectivity index is 1.66. The molecular weight excluding hydrogens is 402 g/mol. The number of H-pyrrole nitrogens is 1. The molecule has 0 fully saturated rings. The van der Waals surface area contributed by atoms with Crippen LogP contribution >= 0.6 is 0 Å². The van der Waals surface area contributed by atoms with Gasteiger partial charge in [-0.1, -0.05) is 18.2 Å². The Kier molecular flexibility index (Phi) is 4.74. The second kappa shape index (κ2) is 7.73.